The third-order valence-corrected chi connectivity index (χ3v) is 7.60. The van der Waals surface area contributed by atoms with Crippen LogP contribution in [0.3, 0.4) is 0 Å². The molecule has 0 fully saturated rings. The van der Waals surface area contributed by atoms with Gasteiger partial charge < -0.3 is 21.7 Å². The van der Waals surface area contributed by atoms with Crippen LogP contribution in [0.4, 0.5) is 17.1 Å². The Bertz CT molecular complexity index is 1530. The van der Waals surface area contributed by atoms with E-state index in [1.165, 1.54) is 4.90 Å². The van der Waals surface area contributed by atoms with Crippen LogP contribution in [0, 0.1) is 13.8 Å². The molecule has 4 rings (SSSR count). The first-order valence-corrected chi connectivity index (χ1v) is 13.4. The summed E-state index contributed by atoms with van der Waals surface area (Å²) in [7, 11) is 3.85. The van der Waals surface area contributed by atoms with E-state index in [4.69, 9.17) is 11.5 Å². The van der Waals surface area contributed by atoms with Gasteiger partial charge in [-0.2, -0.15) is 4.37 Å². The van der Waals surface area contributed by atoms with E-state index in [9.17, 15) is 14.4 Å². The second-order valence-electron chi connectivity index (χ2n) is 9.62. The summed E-state index contributed by atoms with van der Waals surface area (Å²) >= 11 is 0.781. The lowest BCUT2D eigenvalue weighted by Gasteiger charge is -2.33. The normalized spacial score (nSPS) is 11.5. The van der Waals surface area contributed by atoms with E-state index in [1.54, 1.807) is 6.07 Å². The van der Waals surface area contributed by atoms with Crippen molar-refractivity contribution in [3.8, 4) is 0 Å². The van der Waals surface area contributed by atoms with Gasteiger partial charge in [-0.05, 0) is 65.8 Å². The number of carbonyl (C=O) groups excluding carboxylic acids is 3. The summed E-state index contributed by atoms with van der Waals surface area (Å²) in [6, 6.07) is 21.5. The number of amides is 3. The zero-order valence-corrected chi connectivity index (χ0v) is 23.7. The molecule has 0 spiro atoms. The Balaban J connectivity index is 1.88. The van der Waals surface area contributed by atoms with Crippen LogP contribution in [0.1, 0.15) is 48.5 Å². The van der Waals surface area contributed by atoms with Crippen LogP contribution < -0.4 is 26.6 Å². The quantitative estimate of drug-likeness (QED) is 0.283. The Labute approximate surface area is 237 Å². The van der Waals surface area contributed by atoms with Crippen molar-refractivity contribution in [2.45, 2.75) is 26.4 Å². The fourth-order valence-electron chi connectivity index (χ4n) is 4.36. The zero-order valence-electron chi connectivity index (χ0n) is 22.8. The van der Waals surface area contributed by atoms with Crippen molar-refractivity contribution in [1.82, 2.24) is 9.69 Å². The van der Waals surface area contributed by atoms with E-state index >= 15 is 0 Å². The first kappa shape index (κ1) is 28.3. The van der Waals surface area contributed by atoms with Crippen LogP contribution in [0.15, 0.2) is 72.8 Å². The second-order valence-corrected chi connectivity index (χ2v) is 10.4. The van der Waals surface area contributed by atoms with Crippen molar-refractivity contribution in [1.29, 1.82) is 0 Å². The fraction of sp³-hybridized carbons (Fsp3) is 0.200. The average Bonchev–Trinajstić information content (AvgIpc) is 3.34. The van der Waals surface area contributed by atoms with E-state index in [1.807, 2.05) is 99.6 Å². The molecule has 40 heavy (non-hydrogen) atoms. The van der Waals surface area contributed by atoms with Gasteiger partial charge in [0, 0.05) is 32.0 Å². The number of hydrogen-bond acceptors (Lipinski definition) is 7. The number of aromatic nitrogens is 1. The predicted molar refractivity (Wildman–Crippen MR) is 160 cm³/mol. The maximum Gasteiger partial charge on any atom is 0.273 e. The Morgan fingerprint density at radius 1 is 0.950 bits per heavy atom. The summed E-state index contributed by atoms with van der Waals surface area (Å²) in [4.78, 5) is 43.6. The number of hydrogen-bond donors (Lipinski definition) is 3. The SMILES string of the molecule is Cc1cccc(N(C(=O)c2snc(C(N)=O)c2N)C(C(=O)NCc2ccccc2)c2ccc(N(C)C)cc2)c1C. The summed E-state index contributed by atoms with van der Waals surface area (Å²) in [6.07, 6.45) is 0. The van der Waals surface area contributed by atoms with Gasteiger partial charge in [0.1, 0.15) is 10.9 Å². The molecular weight excluding hydrogens is 524 g/mol. The molecule has 1 heterocycles. The molecule has 1 aromatic heterocycles. The third kappa shape index (κ3) is 5.81. The summed E-state index contributed by atoms with van der Waals surface area (Å²) < 4.78 is 4.02. The standard InChI is InChI=1S/C30H32N6O3S/c1-18-9-8-12-23(19(18)2)36(30(39)27-24(31)25(28(32)37)34-40-27)26(21-13-15-22(16-14-21)35(3)4)29(38)33-17-20-10-6-5-7-11-20/h5-16,26H,17,31H2,1-4H3,(H2,32,37)(H,33,38). The lowest BCUT2D eigenvalue weighted by atomic mass is 9.99. The Morgan fingerprint density at radius 3 is 2.23 bits per heavy atom. The molecule has 1 atom stereocenters. The lowest BCUT2D eigenvalue weighted by Crippen LogP contribution is -2.44. The van der Waals surface area contributed by atoms with Gasteiger partial charge in [0.25, 0.3) is 11.8 Å². The maximum absolute atomic E-state index is 14.3. The first-order valence-electron chi connectivity index (χ1n) is 12.6. The second kappa shape index (κ2) is 12.0. The number of nitrogen functional groups attached to an aromatic ring is 1. The van der Waals surface area contributed by atoms with Crippen LogP contribution in [0.25, 0.3) is 0 Å². The molecule has 0 saturated carbocycles. The highest BCUT2D eigenvalue weighted by Gasteiger charge is 2.36. The van der Waals surface area contributed by atoms with Crippen LogP contribution in [0.2, 0.25) is 0 Å². The van der Waals surface area contributed by atoms with Gasteiger partial charge in [-0.3, -0.25) is 19.3 Å². The number of nitrogens with two attached hydrogens (primary N) is 2. The number of anilines is 3. The summed E-state index contributed by atoms with van der Waals surface area (Å²) in [5.74, 6) is -1.77. The van der Waals surface area contributed by atoms with Gasteiger partial charge in [-0.15, -0.1) is 0 Å². The van der Waals surface area contributed by atoms with Crippen LogP contribution in [0.5, 0.6) is 0 Å². The summed E-state index contributed by atoms with van der Waals surface area (Å²) in [5, 5.41) is 3.00. The molecule has 0 bridgehead atoms. The molecule has 0 radical (unpaired) electrons. The van der Waals surface area contributed by atoms with Crippen molar-refractivity contribution in [2.24, 2.45) is 5.73 Å². The van der Waals surface area contributed by atoms with E-state index in [2.05, 4.69) is 9.69 Å². The van der Waals surface area contributed by atoms with E-state index in [-0.39, 0.29) is 28.7 Å². The number of primary amides is 1. The van der Waals surface area contributed by atoms with Crippen LogP contribution >= 0.6 is 11.5 Å². The molecule has 0 aliphatic rings. The molecule has 5 N–H and O–H groups in total. The molecule has 10 heteroatoms. The Kier molecular flexibility index (Phi) is 8.49. The summed E-state index contributed by atoms with van der Waals surface area (Å²) in [6.45, 7) is 4.10. The van der Waals surface area contributed by atoms with E-state index in [0.717, 1.165) is 33.9 Å². The minimum absolute atomic E-state index is 0.0282. The van der Waals surface area contributed by atoms with Crippen molar-refractivity contribution >= 4 is 46.3 Å². The monoisotopic (exact) mass is 556 g/mol. The van der Waals surface area contributed by atoms with Crippen LogP contribution in [-0.2, 0) is 11.3 Å². The molecule has 1 unspecified atom stereocenters. The minimum atomic E-state index is -1.06. The molecule has 0 aliphatic heterocycles. The van der Waals surface area contributed by atoms with Crippen LogP contribution in [-0.4, -0.2) is 36.2 Å². The van der Waals surface area contributed by atoms with Crippen molar-refractivity contribution in [3.63, 3.8) is 0 Å². The molecule has 3 aromatic carbocycles. The van der Waals surface area contributed by atoms with E-state index < -0.39 is 17.9 Å². The first-order chi connectivity index (χ1) is 19.1. The number of aryl methyl sites for hydroxylation is 1. The van der Waals surface area contributed by atoms with Crippen molar-refractivity contribution < 1.29 is 14.4 Å². The number of benzene rings is 3. The van der Waals surface area contributed by atoms with Gasteiger partial charge in [0.15, 0.2) is 5.69 Å². The smallest absolute Gasteiger partial charge is 0.273 e. The Morgan fingerprint density at radius 2 is 1.62 bits per heavy atom. The highest BCUT2D eigenvalue weighted by Crippen LogP contribution is 2.36. The predicted octanol–water partition coefficient (Wildman–Crippen LogP) is 4.21. The number of nitrogens with one attached hydrogen (secondary N) is 1. The lowest BCUT2D eigenvalue weighted by molar-refractivity contribution is -0.122. The molecule has 0 saturated heterocycles. The average molecular weight is 557 g/mol. The molecule has 0 aliphatic carbocycles. The molecular formula is C30H32N6O3S. The molecule has 3 amide bonds. The fourth-order valence-corrected chi connectivity index (χ4v) is 5.10. The number of nitrogens with zero attached hydrogens (tertiary/aromatic N) is 3. The highest BCUT2D eigenvalue weighted by atomic mass is 32.1. The van der Waals surface area contributed by atoms with Crippen molar-refractivity contribution in [2.75, 3.05) is 29.6 Å². The molecule has 4 aromatic rings. The number of rotatable bonds is 9. The maximum atomic E-state index is 14.3. The van der Waals surface area contributed by atoms with Crippen molar-refractivity contribution in [3.05, 3.63) is 106 Å². The van der Waals surface area contributed by atoms with Gasteiger partial charge in [-0.25, -0.2) is 0 Å². The van der Waals surface area contributed by atoms with Gasteiger partial charge in [0.2, 0.25) is 5.91 Å². The molecule has 206 valence electrons. The minimum Gasteiger partial charge on any atom is -0.395 e. The third-order valence-electron chi connectivity index (χ3n) is 6.75. The topological polar surface area (TPSA) is 135 Å². The largest absolute Gasteiger partial charge is 0.395 e. The zero-order chi connectivity index (χ0) is 29.0. The van der Waals surface area contributed by atoms with Gasteiger partial charge >= 0.3 is 0 Å². The van der Waals surface area contributed by atoms with E-state index in [0.29, 0.717) is 11.3 Å². The highest BCUT2D eigenvalue weighted by molar-refractivity contribution is 7.09. The summed E-state index contributed by atoms with van der Waals surface area (Å²) in [5.41, 5.74) is 16.1. The molecule has 9 nitrogen and oxygen atoms in total. The Hall–Kier alpha value is -4.70. The number of carbonyl (C=O) groups is 3. The van der Waals surface area contributed by atoms with Gasteiger partial charge in [-0.1, -0.05) is 54.6 Å². The van der Waals surface area contributed by atoms with Gasteiger partial charge in [0.05, 0.1) is 5.69 Å².